The Morgan fingerprint density at radius 3 is 2.55 bits per heavy atom. The third-order valence-electron chi connectivity index (χ3n) is 3.69. The van der Waals surface area contributed by atoms with E-state index in [0.29, 0.717) is 17.2 Å². The quantitative estimate of drug-likeness (QED) is 0.478. The van der Waals surface area contributed by atoms with Gasteiger partial charge in [0.1, 0.15) is 5.82 Å². The van der Waals surface area contributed by atoms with E-state index < -0.39 is 5.51 Å². The van der Waals surface area contributed by atoms with Crippen LogP contribution in [0.1, 0.15) is 6.92 Å². The SMILES string of the molecule is C[C@@H](CO)Nc1nc(Nc2cccc(SC(F)(F)F)c2)cc(-c2ccncc2)n1. The van der Waals surface area contributed by atoms with Crippen LogP contribution >= 0.6 is 11.8 Å². The molecule has 0 bridgehead atoms. The van der Waals surface area contributed by atoms with Crippen molar-refractivity contribution in [2.75, 3.05) is 17.2 Å². The van der Waals surface area contributed by atoms with Crippen molar-refractivity contribution < 1.29 is 18.3 Å². The highest BCUT2D eigenvalue weighted by molar-refractivity contribution is 8.00. The Morgan fingerprint density at radius 1 is 1.10 bits per heavy atom. The molecule has 1 atom stereocenters. The van der Waals surface area contributed by atoms with E-state index in [0.717, 1.165) is 5.56 Å². The van der Waals surface area contributed by atoms with Gasteiger partial charge in [-0.25, -0.2) is 4.98 Å². The van der Waals surface area contributed by atoms with Gasteiger partial charge in [-0.05, 0) is 49.0 Å². The molecule has 152 valence electrons. The largest absolute Gasteiger partial charge is 0.446 e. The number of alkyl halides is 3. The minimum Gasteiger partial charge on any atom is -0.394 e. The number of aliphatic hydroxyl groups is 1. The van der Waals surface area contributed by atoms with Crippen LogP contribution < -0.4 is 10.6 Å². The molecule has 29 heavy (non-hydrogen) atoms. The zero-order valence-corrected chi connectivity index (χ0v) is 16.1. The average molecular weight is 421 g/mol. The maximum atomic E-state index is 12.6. The van der Waals surface area contributed by atoms with Crippen LogP contribution in [0.15, 0.2) is 59.8 Å². The smallest absolute Gasteiger partial charge is 0.394 e. The van der Waals surface area contributed by atoms with E-state index in [2.05, 4.69) is 25.6 Å². The summed E-state index contributed by atoms with van der Waals surface area (Å²) < 4.78 is 37.9. The highest BCUT2D eigenvalue weighted by Gasteiger charge is 2.29. The van der Waals surface area contributed by atoms with E-state index in [1.807, 2.05) is 0 Å². The summed E-state index contributed by atoms with van der Waals surface area (Å²) in [7, 11) is 0. The first-order chi connectivity index (χ1) is 13.8. The molecule has 0 aliphatic carbocycles. The van der Waals surface area contributed by atoms with Crippen molar-refractivity contribution in [3.05, 3.63) is 54.9 Å². The van der Waals surface area contributed by atoms with Crippen LogP contribution in [-0.2, 0) is 0 Å². The Labute approximate surface area is 169 Å². The molecule has 0 amide bonds. The lowest BCUT2D eigenvalue weighted by molar-refractivity contribution is -0.0328. The summed E-state index contributed by atoms with van der Waals surface area (Å²) in [6.07, 6.45) is 3.26. The Balaban J connectivity index is 1.92. The molecule has 1 aromatic carbocycles. The highest BCUT2D eigenvalue weighted by atomic mass is 32.2. The van der Waals surface area contributed by atoms with E-state index in [9.17, 15) is 18.3 Å². The molecule has 6 nitrogen and oxygen atoms in total. The second-order valence-electron chi connectivity index (χ2n) is 6.13. The second-order valence-corrected chi connectivity index (χ2v) is 7.26. The summed E-state index contributed by atoms with van der Waals surface area (Å²) in [5.41, 5.74) is -2.51. The first-order valence-electron chi connectivity index (χ1n) is 8.62. The number of thioether (sulfide) groups is 1. The van der Waals surface area contributed by atoms with Crippen molar-refractivity contribution in [3.8, 4) is 11.3 Å². The van der Waals surface area contributed by atoms with Crippen LogP contribution in [0.4, 0.5) is 30.6 Å². The summed E-state index contributed by atoms with van der Waals surface area (Å²) in [6, 6.07) is 11.0. The molecule has 0 radical (unpaired) electrons. The van der Waals surface area contributed by atoms with Crippen LogP contribution in [0.2, 0.25) is 0 Å². The van der Waals surface area contributed by atoms with Gasteiger partial charge in [-0.3, -0.25) is 4.98 Å². The molecule has 0 aliphatic heterocycles. The zero-order chi connectivity index (χ0) is 20.9. The maximum Gasteiger partial charge on any atom is 0.446 e. The Kier molecular flexibility index (Phi) is 6.55. The number of rotatable bonds is 7. The number of benzene rings is 1. The number of anilines is 3. The highest BCUT2D eigenvalue weighted by Crippen LogP contribution is 2.37. The van der Waals surface area contributed by atoms with Gasteiger partial charge in [0.05, 0.1) is 12.3 Å². The van der Waals surface area contributed by atoms with Gasteiger partial charge in [0.2, 0.25) is 5.95 Å². The fraction of sp³-hybridized carbons (Fsp3) is 0.211. The van der Waals surface area contributed by atoms with Gasteiger partial charge in [0, 0.05) is 40.6 Å². The number of hydrogen-bond acceptors (Lipinski definition) is 7. The summed E-state index contributed by atoms with van der Waals surface area (Å²) in [5.74, 6) is 0.679. The Bertz CT molecular complexity index is 956. The van der Waals surface area contributed by atoms with Crippen molar-refractivity contribution in [2.24, 2.45) is 0 Å². The molecule has 0 unspecified atom stereocenters. The number of aliphatic hydroxyl groups excluding tert-OH is 1. The van der Waals surface area contributed by atoms with Gasteiger partial charge in [-0.1, -0.05) is 6.07 Å². The van der Waals surface area contributed by atoms with Crippen LogP contribution in [0.5, 0.6) is 0 Å². The van der Waals surface area contributed by atoms with Crippen molar-refractivity contribution in [2.45, 2.75) is 23.4 Å². The maximum absolute atomic E-state index is 12.6. The molecule has 10 heteroatoms. The lowest BCUT2D eigenvalue weighted by Gasteiger charge is -2.14. The van der Waals surface area contributed by atoms with Gasteiger partial charge in [0.15, 0.2) is 0 Å². The predicted molar refractivity (Wildman–Crippen MR) is 107 cm³/mol. The minimum absolute atomic E-state index is 0.0677. The number of pyridine rings is 1. The molecule has 0 aliphatic rings. The van der Waals surface area contributed by atoms with Gasteiger partial charge in [0.25, 0.3) is 0 Å². The Hall–Kier alpha value is -2.85. The zero-order valence-electron chi connectivity index (χ0n) is 15.3. The normalized spacial score (nSPS) is 12.4. The predicted octanol–water partition coefficient (Wildman–Crippen LogP) is 4.69. The number of nitrogens with one attached hydrogen (secondary N) is 2. The van der Waals surface area contributed by atoms with Crippen LogP contribution in [0, 0.1) is 0 Å². The molecule has 2 heterocycles. The summed E-state index contributed by atoms with van der Waals surface area (Å²) in [5, 5.41) is 15.3. The van der Waals surface area contributed by atoms with Gasteiger partial charge in [-0.15, -0.1) is 0 Å². The molecular weight excluding hydrogens is 403 g/mol. The summed E-state index contributed by atoms with van der Waals surface area (Å²) in [4.78, 5) is 12.9. The third kappa shape index (κ3) is 6.33. The third-order valence-corrected chi connectivity index (χ3v) is 4.41. The summed E-state index contributed by atoms with van der Waals surface area (Å²) >= 11 is -0.180. The van der Waals surface area contributed by atoms with Gasteiger partial charge in [-0.2, -0.15) is 18.2 Å². The van der Waals surface area contributed by atoms with Crippen LogP contribution in [0.3, 0.4) is 0 Å². The average Bonchev–Trinajstić information content (AvgIpc) is 2.67. The lowest BCUT2D eigenvalue weighted by atomic mass is 10.2. The van der Waals surface area contributed by atoms with Crippen LogP contribution in [-0.4, -0.2) is 38.2 Å². The van der Waals surface area contributed by atoms with Crippen molar-refractivity contribution >= 4 is 29.2 Å². The Morgan fingerprint density at radius 2 is 1.86 bits per heavy atom. The fourth-order valence-corrected chi connectivity index (χ4v) is 3.03. The van der Waals surface area contributed by atoms with Crippen LogP contribution in [0.25, 0.3) is 11.3 Å². The summed E-state index contributed by atoms with van der Waals surface area (Å²) in [6.45, 7) is 1.66. The topological polar surface area (TPSA) is 83.0 Å². The molecule has 0 fully saturated rings. The molecule has 0 saturated heterocycles. The van der Waals surface area contributed by atoms with E-state index in [4.69, 9.17) is 0 Å². The number of hydrogen-bond donors (Lipinski definition) is 3. The monoisotopic (exact) mass is 421 g/mol. The van der Waals surface area contributed by atoms with Crippen molar-refractivity contribution in [1.82, 2.24) is 15.0 Å². The number of aromatic nitrogens is 3. The molecule has 3 rings (SSSR count). The van der Waals surface area contributed by atoms with Gasteiger partial charge < -0.3 is 15.7 Å². The van der Waals surface area contributed by atoms with E-state index in [1.54, 1.807) is 43.6 Å². The lowest BCUT2D eigenvalue weighted by Crippen LogP contribution is -2.21. The second kappa shape index (κ2) is 9.10. The standard InChI is InChI=1S/C19H18F3N5OS/c1-12(11-28)24-18-26-16(13-5-7-23-8-6-13)10-17(27-18)25-14-3-2-4-15(9-14)29-19(20,21)22/h2-10,12,28H,11H2,1H3,(H2,24,25,26,27)/t12-/m0/s1. The van der Waals surface area contributed by atoms with Gasteiger partial charge >= 0.3 is 5.51 Å². The fourth-order valence-electron chi connectivity index (χ4n) is 2.43. The first kappa shape index (κ1) is 20.9. The minimum atomic E-state index is -4.36. The van der Waals surface area contributed by atoms with E-state index >= 15 is 0 Å². The molecule has 2 aromatic heterocycles. The molecule has 0 saturated carbocycles. The van der Waals surface area contributed by atoms with Crippen molar-refractivity contribution in [1.29, 1.82) is 0 Å². The molecular formula is C19H18F3N5OS. The van der Waals surface area contributed by atoms with E-state index in [-0.39, 0.29) is 35.3 Å². The molecule has 3 aromatic rings. The van der Waals surface area contributed by atoms with Crippen molar-refractivity contribution in [3.63, 3.8) is 0 Å². The molecule has 3 N–H and O–H groups in total. The van der Waals surface area contributed by atoms with E-state index in [1.165, 1.54) is 18.2 Å². The first-order valence-corrected chi connectivity index (χ1v) is 9.44. The molecule has 0 spiro atoms. The number of halogens is 3. The number of nitrogens with zero attached hydrogens (tertiary/aromatic N) is 3.